The van der Waals surface area contributed by atoms with E-state index in [1.54, 1.807) is 12.1 Å². The van der Waals surface area contributed by atoms with Crippen molar-refractivity contribution in [2.45, 2.75) is 50.3 Å². The minimum atomic E-state index is -4.24. The molecule has 0 radical (unpaired) electrons. The smallest absolute Gasteiger partial charge is 0.870 e. The van der Waals surface area contributed by atoms with E-state index in [2.05, 4.69) is 6.92 Å². The Morgan fingerprint density at radius 2 is 1.65 bits per heavy atom. The summed E-state index contributed by atoms with van der Waals surface area (Å²) in [6.07, 6.45) is 6.79. The van der Waals surface area contributed by atoms with Crippen LogP contribution in [0.4, 0.5) is 0 Å². The van der Waals surface area contributed by atoms with Crippen molar-refractivity contribution in [3.05, 3.63) is 48.0 Å². The van der Waals surface area contributed by atoms with Crippen LogP contribution in [0.3, 0.4) is 0 Å². The summed E-state index contributed by atoms with van der Waals surface area (Å²) in [6, 6.07) is 10.3. The first-order valence-electron chi connectivity index (χ1n) is 8.45. The Morgan fingerprint density at radius 3 is 2.23 bits per heavy atom. The van der Waals surface area contributed by atoms with Gasteiger partial charge >= 0.3 is 29.6 Å². The van der Waals surface area contributed by atoms with E-state index in [1.165, 1.54) is 49.9 Å². The second-order valence-electron chi connectivity index (χ2n) is 5.99. The maximum absolute atomic E-state index is 12.1. The molecule has 0 aliphatic carbocycles. The summed E-state index contributed by atoms with van der Waals surface area (Å²) in [5.74, 6) is 0.316. The Hall–Kier alpha value is -1.05. The summed E-state index contributed by atoms with van der Waals surface area (Å²) in [7, 11) is -4.24. The zero-order chi connectivity index (χ0) is 18.3. The first kappa shape index (κ1) is 23.0. The molecule has 0 saturated carbocycles. The van der Waals surface area contributed by atoms with Crippen molar-refractivity contribution in [3.63, 3.8) is 0 Å². The monoisotopic (exact) mass is 386 g/mol. The molecule has 7 heteroatoms. The number of unbranched alkanes of at least 4 members (excludes halogenated alkanes) is 4. The molecule has 0 saturated heterocycles. The molecular weight excluding hydrogens is 363 g/mol. The third-order valence-corrected chi connectivity index (χ3v) is 4.79. The van der Waals surface area contributed by atoms with Gasteiger partial charge in [0, 0.05) is 0 Å². The maximum atomic E-state index is 12.1. The fraction of sp³-hybridized carbons (Fsp3) is 0.368. The summed E-state index contributed by atoms with van der Waals surface area (Å²) in [6.45, 7) is 2.18. The molecule has 0 heterocycles. The predicted molar refractivity (Wildman–Crippen MR) is 94.7 cm³/mol. The van der Waals surface area contributed by atoms with Crippen molar-refractivity contribution in [3.8, 4) is 17.2 Å². The number of hydrogen-bond acceptors (Lipinski definition) is 4. The summed E-state index contributed by atoms with van der Waals surface area (Å²) in [4.78, 5) is -0.222. The number of rotatable bonds is 9. The Bertz CT molecular complexity index is 788. The van der Waals surface area contributed by atoms with E-state index in [4.69, 9.17) is 9.29 Å². The van der Waals surface area contributed by atoms with E-state index in [0.717, 1.165) is 18.4 Å². The van der Waals surface area contributed by atoms with E-state index in [1.807, 2.05) is 6.07 Å². The van der Waals surface area contributed by atoms with Gasteiger partial charge in [0.05, 0.1) is 4.90 Å². The van der Waals surface area contributed by atoms with Gasteiger partial charge in [-0.1, -0.05) is 50.5 Å². The Kier molecular flexibility index (Phi) is 9.68. The molecule has 0 spiro atoms. The molecule has 0 amide bonds. The first-order valence-corrected chi connectivity index (χ1v) is 9.89. The van der Waals surface area contributed by atoms with E-state index >= 15 is 0 Å². The summed E-state index contributed by atoms with van der Waals surface area (Å²) >= 11 is 0. The average Bonchev–Trinajstić information content (AvgIpc) is 2.57. The van der Waals surface area contributed by atoms with E-state index in [0.29, 0.717) is 5.75 Å². The van der Waals surface area contributed by atoms with Crippen LogP contribution in [0.15, 0.2) is 47.4 Å². The van der Waals surface area contributed by atoms with Crippen LogP contribution >= 0.6 is 0 Å². The molecule has 0 fully saturated rings. The first-order chi connectivity index (χ1) is 11.9. The molecular formula is C19H23NaO5S. The minimum absolute atomic E-state index is 0. The molecule has 0 bridgehead atoms. The van der Waals surface area contributed by atoms with Gasteiger partial charge in [0.15, 0.2) is 0 Å². The number of benzene rings is 2. The Morgan fingerprint density at radius 1 is 1.00 bits per heavy atom. The summed E-state index contributed by atoms with van der Waals surface area (Å²) in [5.41, 5.74) is 0.996. The van der Waals surface area contributed by atoms with Crippen molar-refractivity contribution >= 4 is 10.1 Å². The topological polar surface area (TPSA) is 86.7 Å². The molecule has 1 N–H and O–H groups in total. The summed E-state index contributed by atoms with van der Waals surface area (Å²) in [5, 5.41) is 12.1. The molecule has 0 unspecified atom stereocenters. The van der Waals surface area contributed by atoms with Gasteiger partial charge in [0.1, 0.15) is 11.5 Å². The van der Waals surface area contributed by atoms with Crippen molar-refractivity contribution in [2.75, 3.05) is 0 Å². The van der Waals surface area contributed by atoms with Gasteiger partial charge in [0.2, 0.25) is 0 Å². The molecule has 5 nitrogen and oxygen atoms in total. The van der Waals surface area contributed by atoms with Crippen LogP contribution < -0.4 is 39.4 Å². The quantitative estimate of drug-likeness (QED) is 0.399. The molecule has 0 atom stereocenters. The van der Waals surface area contributed by atoms with Crippen LogP contribution in [0.1, 0.15) is 44.6 Å². The molecule has 26 heavy (non-hydrogen) atoms. The second-order valence-corrected chi connectivity index (χ2v) is 7.42. The summed E-state index contributed by atoms with van der Waals surface area (Å²) < 4.78 is 36.5. The SMILES string of the molecule is CCCCCCCc1ccc(Oc2ccc(S(=O)(=O)O)cc2)c([O-])c1.[Na+]. The zero-order valence-corrected chi connectivity index (χ0v) is 18.1. The average molecular weight is 386 g/mol. The van der Waals surface area contributed by atoms with Gasteiger partial charge in [-0.25, -0.2) is 0 Å². The molecule has 2 aromatic rings. The fourth-order valence-electron chi connectivity index (χ4n) is 2.53. The molecule has 0 aliphatic rings. The van der Waals surface area contributed by atoms with E-state index < -0.39 is 10.1 Å². The number of aryl methyl sites for hydroxylation is 1. The second kappa shape index (κ2) is 10.9. The van der Waals surface area contributed by atoms with Gasteiger partial charge < -0.3 is 9.84 Å². The molecule has 0 aliphatic heterocycles. The number of ether oxygens (including phenoxy) is 1. The largest absolute Gasteiger partial charge is 1.00 e. The van der Waals surface area contributed by atoms with Gasteiger partial charge in [-0.15, -0.1) is 0 Å². The maximum Gasteiger partial charge on any atom is 1.00 e. The van der Waals surface area contributed by atoms with Crippen molar-refractivity contribution < 1.29 is 52.4 Å². The third kappa shape index (κ3) is 7.29. The zero-order valence-electron chi connectivity index (χ0n) is 15.3. The molecule has 2 aromatic carbocycles. The van der Waals surface area contributed by atoms with Crippen LogP contribution in [-0.4, -0.2) is 13.0 Å². The van der Waals surface area contributed by atoms with Crippen LogP contribution in [0.5, 0.6) is 17.2 Å². The molecule has 0 aromatic heterocycles. The van der Waals surface area contributed by atoms with Crippen molar-refractivity contribution in [1.29, 1.82) is 0 Å². The third-order valence-electron chi connectivity index (χ3n) is 3.93. The van der Waals surface area contributed by atoms with Gasteiger partial charge in [-0.2, -0.15) is 8.42 Å². The van der Waals surface area contributed by atoms with Crippen LogP contribution in [0, 0.1) is 0 Å². The van der Waals surface area contributed by atoms with Gasteiger partial charge in [-0.3, -0.25) is 4.55 Å². The fourth-order valence-corrected chi connectivity index (χ4v) is 3.01. The number of hydrogen-bond donors (Lipinski definition) is 1. The van der Waals surface area contributed by atoms with Crippen molar-refractivity contribution in [1.82, 2.24) is 0 Å². The molecule has 136 valence electrons. The normalized spacial score (nSPS) is 11.0. The van der Waals surface area contributed by atoms with Gasteiger partial charge in [-0.05, 0) is 48.7 Å². The minimum Gasteiger partial charge on any atom is -0.870 e. The van der Waals surface area contributed by atoms with Crippen LogP contribution in [0.25, 0.3) is 0 Å². The predicted octanol–water partition coefficient (Wildman–Crippen LogP) is 1.32. The van der Waals surface area contributed by atoms with E-state index in [9.17, 15) is 13.5 Å². The van der Waals surface area contributed by atoms with Crippen LogP contribution in [0.2, 0.25) is 0 Å². The van der Waals surface area contributed by atoms with Crippen molar-refractivity contribution in [2.24, 2.45) is 0 Å². The van der Waals surface area contributed by atoms with E-state index in [-0.39, 0.29) is 46.0 Å². The van der Waals surface area contributed by atoms with Gasteiger partial charge in [0.25, 0.3) is 10.1 Å². The Labute approximate surface area is 177 Å². The van der Waals surface area contributed by atoms with Crippen LogP contribution in [-0.2, 0) is 16.5 Å². The molecule has 2 rings (SSSR count). The standard InChI is InChI=1S/C19H24O5S.Na/c1-2-3-4-5-6-7-15-8-13-19(18(20)14-15)24-16-9-11-17(12-10-16)25(21,22)23;/h8-14,20H,2-7H2,1H3,(H,21,22,23);/q;+1/p-1. The Balaban J connectivity index is 0.00000338.